The first kappa shape index (κ1) is 17.2. The van der Waals surface area contributed by atoms with Crippen molar-refractivity contribution in [3.8, 4) is 0 Å². The second-order valence-corrected chi connectivity index (χ2v) is 8.43. The predicted molar refractivity (Wildman–Crippen MR) is 91.7 cm³/mol. The third kappa shape index (κ3) is 4.67. The fraction of sp³-hybridized carbons (Fsp3) is 1.00. The molecule has 1 aliphatic heterocycles. The zero-order valence-corrected chi connectivity index (χ0v) is 15.0. The fourth-order valence-electron chi connectivity index (χ4n) is 4.47. The van der Waals surface area contributed by atoms with E-state index in [1.807, 2.05) is 0 Å². The van der Waals surface area contributed by atoms with Gasteiger partial charge in [0.1, 0.15) is 0 Å². The van der Waals surface area contributed by atoms with Gasteiger partial charge >= 0.3 is 0 Å². The number of hydrogen-bond acceptors (Lipinski definition) is 3. The van der Waals surface area contributed by atoms with Gasteiger partial charge in [-0.3, -0.25) is 0 Å². The van der Waals surface area contributed by atoms with Crippen LogP contribution in [0.15, 0.2) is 0 Å². The number of nitrogens with zero attached hydrogens (tertiary/aromatic N) is 2. The molecule has 124 valence electrons. The van der Waals surface area contributed by atoms with Crippen LogP contribution in [0.25, 0.3) is 0 Å². The highest BCUT2D eigenvalue weighted by Crippen LogP contribution is 2.39. The van der Waals surface area contributed by atoms with Gasteiger partial charge in [0.05, 0.1) is 0 Å². The third-order valence-electron chi connectivity index (χ3n) is 5.59. The lowest BCUT2D eigenvalue weighted by molar-refractivity contribution is 0.161. The third-order valence-corrected chi connectivity index (χ3v) is 5.59. The molecule has 3 nitrogen and oxygen atoms in total. The van der Waals surface area contributed by atoms with Gasteiger partial charge in [-0.2, -0.15) is 0 Å². The molecule has 21 heavy (non-hydrogen) atoms. The van der Waals surface area contributed by atoms with Crippen LogP contribution in [0.5, 0.6) is 0 Å². The van der Waals surface area contributed by atoms with Crippen molar-refractivity contribution in [2.24, 2.45) is 17.3 Å². The summed E-state index contributed by atoms with van der Waals surface area (Å²) in [6.07, 6.45) is 5.72. The first-order valence-electron chi connectivity index (χ1n) is 9.01. The Balaban J connectivity index is 1.88. The van der Waals surface area contributed by atoms with E-state index in [9.17, 15) is 0 Å². The summed E-state index contributed by atoms with van der Waals surface area (Å²) in [4.78, 5) is 5.17. The molecule has 3 heteroatoms. The van der Waals surface area contributed by atoms with Gasteiger partial charge < -0.3 is 15.1 Å². The van der Waals surface area contributed by atoms with Crippen molar-refractivity contribution in [2.45, 2.75) is 52.5 Å². The minimum atomic E-state index is 0.551. The summed E-state index contributed by atoms with van der Waals surface area (Å²) < 4.78 is 0. The summed E-state index contributed by atoms with van der Waals surface area (Å²) in [7, 11) is 4.47. The van der Waals surface area contributed by atoms with Gasteiger partial charge in [0, 0.05) is 32.2 Å². The van der Waals surface area contributed by atoms with Crippen LogP contribution in [-0.2, 0) is 0 Å². The second kappa shape index (κ2) is 7.43. The lowest BCUT2D eigenvalue weighted by atomic mass is 9.85. The van der Waals surface area contributed by atoms with Gasteiger partial charge in [0.15, 0.2) is 0 Å². The molecule has 1 saturated heterocycles. The minimum Gasteiger partial charge on any atom is -0.316 e. The van der Waals surface area contributed by atoms with Gasteiger partial charge in [-0.05, 0) is 50.7 Å². The summed E-state index contributed by atoms with van der Waals surface area (Å²) in [6, 6.07) is 0.743. The molecule has 0 aromatic heterocycles. The summed E-state index contributed by atoms with van der Waals surface area (Å²) in [5.74, 6) is 1.57. The van der Waals surface area contributed by atoms with Crippen LogP contribution in [0.2, 0.25) is 0 Å². The Hall–Kier alpha value is -0.120. The van der Waals surface area contributed by atoms with Crippen LogP contribution in [-0.4, -0.2) is 62.7 Å². The molecule has 2 fully saturated rings. The van der Waals surface area contributed by atoms with Crippen molar-refractivity contribution in [3.63, 3.8) is 0 Å². The number of likely N-dealkylation sites (tertiary alicyclic amines) is 1. The van der Waals surface area contributed by atoms with Crippen LogP contribution in [0, 0.1) is 17.3 Å². The average Bonchev–Trinajstić information content (AvgIpc) is 2.97. The Morgan fingerprint density at radius 1 is 1.19 bits per heavy atom. The predicted octanol–water partition coefficient (Wildman–Crippen LogP) is 2.67. The van der Waals surface area contributed by atoms with E-state index >= 15 is 0 Å². The molecule has 0 spiro atoms. The molecular formula is C18H37N3. The lowest BCUT2D eigenvalue weighted by Crippen LogP contribution is -2.43. The van der Waals surface area contributed by atoms with Crippen LogP contribution in [0.3, 0.4) is 0 Å². The largest absolute Gasteiger partial charge is 0.316 e. The molecule has 0 aromatic carbocycles. The second-order valence-electron chi connectivity index (χ2n) is 8.43. The molecule has 1 heterocycles. The minimum absolute atomic E-state index is 0.551. The molecule has 2 rings (SSSR count). The van der Waals surface area contributed by atoms with E-state index in [4.69, 9.17) is 0 Å². The average molecular weight is 296 g/mol. The highest BCUT2D eigenvalue weighted by atomic mass is 15.2. The Bertz CT molecular complexity index is 308. The summed E-state index contributed by atoms with van der Waals surface area (Å²) >= 11 is 0. The summed E-state index contributed by atoms with van der Waals surface area (Å²) in [5.41, 5.74) is 0.551. The maximum absolute atomic E-state index is 3.75. The summed E-state index contributed by atoms with van der Waals surface area (Å²) in [6.45, 7) is 13.3. The summed E-state index contributed by atoms with van der Waals surface area (Å²) in [5, 5.41) is 3.75. The zero-order chi connectivity index (χ0) is 15.5. The standard InChI is InChI=1S/C18H37N3/c1-15(2)10-19-13-18(8-6-7-9-18)14-21-11-16(3)17(12-21)20(4)5/h15-17,19H,6-14H2,1-5H3. The molecule has 1 saturated carbocycles. The molecular weight excluding hydrogens is 258 g/mol. The van der Waals surface area contributed by atoms with E-state index in [1.165, 1.54) is 58.4 Å². The molecule has 0 aromatic rings. The first-order valence-corrected chi connectivity index (χ1v) is 9.01. The van der Waals surface area contributed by atoms with Gasteiger partial charge in [0.2, 0.25) is 0 Å². The van der Waals surface area contributed by atoms with E-state index in [0.29, 0.717) is 5.41 Å². The quantitative estimate of drug-likeness (QED) is 0.779. The van der Waals surface area contributed by atoms with Crippen molar-refractivity contribution in [1.82, 2.24) is 15.1 Å². The zero-order valence-electron chi connectivity index (χ0n) is 15.0. The van der Waals surface area contributed by atoms with Crippen LogP contribution in [0.1, 0.15) is 46.5 Å². The van der Waals surface area contributed by atoms with E-state index in [0.717, 1.165) is 17.9 Å². The van der Waals surface area contributed by atoms with Crippen molar-refractivity contribution in [3.05, 3.63) is 0 Å². The van der Waals surface area contributed by atoms with Crippen LogP contribution >= 0.6 is 0 Å². The van der Waals surface area contributed by atoms with Crippen molar-refractivity contribution < 1.29 is 0 Å². The molecule has 0 amide bonds. The Kier molecular flexibility index (Phi) is 6.10. The normalized spacial score (nSPS) is 29.9. The Morgan fingerprint density at radius 3 is 2.38 bits per heavy atom. The van der Waals surface area contributed by atoms with Crippen molar-refractivity contribution in [2.75, 3.05) is 46.8 Å². The number of likely N-dealkylation sites (N-methyl/N-ethyl adjacent to an activating group) is 1. The van der Waals surface area contributed by atoms with Gasteiger partial charge in [-0.1, -0.05) is 33.6 Å². The van der Waals surface area contributed by atoms with E-state index in [1.54, 1.807) is 0 Å². The monoisotopic (exact) mass is 295 g/mol. The molecule has 0 bridgehead atoms. The lowest BCUT2D eigenvalue weighted by Gasteiger charge is -2.34. The van der Waals surface area contributed by atoms with Gasteiger partial charge in [-0.25, -0.2) is 0 Å². The van der Waals surface area contributed by atoms with Crippen LogP contribution < -0.4 is 5.32 Å². The molecule has 1 N–H and O–H groups in total. The highest BCUT2D eigenvalue weighted by Gasteiger charge is 2.39. The molecule has 2 atom stereocenters. The number of nitrogens with one attached hydrogen (secondary N) is 1. The first-order chi connectivity index (χ1) is 9.92. The molecule has 2 unspecified atom stereocenters. The molecule has 2 aliphatic rings. The smallest absolute Gasteiger partial charge is 0.0254 e. The number of hydrogen-bond donors (Lipinski definition) is 1. The molecule has 1 aliphatic carbocycles. The van der Waals surface area contributed by atoms with Crippen molar-refractivity contribution in [1.29, 1.82) is 0 Å². The van der Waals surface area contributed by atoms with E-state index in [-0.39, 0.29) is 0 Å². The highest BCUT2D eigenvalue weighted by molar-refractivity contribution is 4.94. The topological polar surface area (TPSA) is 18.5 Å². The maximum atomic E-state index is 3.75. The van der Waals surface area contributed by atoms with Gasteiger partial charge in [-0.15, -0.1) is 0 Å². The number of rotatable bonds is 7. The van der Waals surface area contributed by atoms with Gasteiger partial charge in [0.25, 0.3) is 0 Å². The van der Waals surface area contributed by atoms with Crippen LogP contribution in [0.4, 0.5) is 0 Å². The van der Waals surface area contributed by atoms with E-state index in [2.05, 4.69) is 50.0 Å². The maximum Gasteiger partial charge on any atom is 0.0254 e. The Labute approximate surface area is 132 Å². The Morgan fingerprint density at radius 2 is 1.86 bits per heavy atom. The van der Waals surface area contributed by atoms with E-state index < -0.39 is 0 Å². The SMILES string of the molecule is CC(C)CNCC1(CN2CC(C)C(N(C)C)C2)CCCC1. The van der Waals surface area contributed by atoms with Crippen molar-refractivity contribution >= 4 is 0 Å². The fourth-order valence-corrected chi connectivity index (χ4v) is 4.47. The molecule has 0 radical (unpaired) electrons.